The van der Waals surface area contributed by atoms with Crippen LogP contribution in [0, 0.1) is 0 Å². The molecule has 1 aromatic carbocycles. The maximum absolute atomic E-state index is 6.30. The summed E-state index contributed by atoms with van der Waals surface area (Å²) in [5, 5.41) is 3.91. The molecule has 1 N–H and O–H groups in total. The Balaban J connectivity index is 2.77. The van der Waals surface area contributed by atoms with Gasteiger partial charge in [-0.3, -0.25) is 0 Å². The average molecular weight is 286 g/mol. The summed E-state index contributed by atoms with van der Waals surface area (Å²) in [6.07, 6.45) is 3.22. The molecule has 0 heterocycles. The van der Waals surface area contributed by atoms with Crippen molar-refractivity contribution in [1.29, 1.82) is 0 Å². The first-order chi connectivity index (χ1) is 9.22. The van der Waals surface area contributed by atoms with E-state index in [1.165, 1.54) is 0 Å². The number of halogens is 1. The van der Waals surface area contributed by atoms with E-state index < -0.39 is 0 Å². The highest BCUT2D eigenvalue weighted by atomic mass is 35.5. The molecule has 108 valence electrons. The second-order valence-electron chi connectivity index (χ2n) is 4.32. The van der Waals surface area contributed by atoms with Crippen molar-refractivity contribution in [3.63, 3.8) is 0 Å². The molecule has 4 heteroatoms. The fourth-order valence-corrected chi connectivity index (χ4v) is 2.17. The van der Waals surface area contributed by atoms with E-state index >= 15 is 0 Å². The summed E-state index contributed by atoms with van der Waals surface area (Å²) in [7, 11) is 1.97. The van der Waals surface area contributed by atoms with Gasteiger partial charge in [-0.05, 0) is 58.3 Å². The second-order valence-corrected chi connectivity index (χ2v) is 4.72. The number of nitrogens with one attached hydrogen (secondary N) is 1. The third-order valence-electron chi connectivity index (χ3n) is 2.84. The van der Waals surface area contributed by atoms with Crippen LogP contribution in [0.3, 0.4) is 0 Å². The number of rotatable bonds is 9. The molecule has 0 amide bonds. The molecule has 1 rings (SSSR count). The summed E-state index contributed by atoms with van der Waals surface area (Å²) in [5.74, 6) is 1.52. The van der Waals surface area contributed by atoms with Crippen LogP contribution in [-0.4, -0.2) is 26.8 Å². The predicted molar refractivity (Wildman–Crippen MR) is 80.7 cm³/mol. The minimum atomic E-state index is 0.609. The van der Waals surface area contributed by atoms with E-state index in [1.54, 1.807) is 0 Å². The van der Waals surface area contributed by atoms with Crippen molar-refractivity contribution >= 4 is 11.6 Å². The first kappa shape index (κ1) is 16.1. The largest absolute Gasteiger partial charge is 0.490 e. The lowest BCUT2D eigenvalue weighted by atomic mass is 10.1. The molecule has 0 aromatic heterocycles. The SMILES string of the molecule is CCOc1cc(Cl)c(CCCCNC)cc1OCC. The van der Waals surface area contributed by atoms with Crippen molar-refractivity contribution in [2.24, 2.45) is 0 Å². The number of ether oxygens (including phenoxy) is 2. The summed E-state index contributed by atoms with van der Waals surface area (Å²) < 4.78 is 11.2. The molecule has 0 saturated heterocycles. The minimum absolute atomic E-state index is 0.609. The second kappa shape index (κ2) is 9.05. The van der Waals surface area contributed by atoms with E-state index in [2.05, 4.69) is 5.32 Å². The maximum Gasteiger partial charge on any atom is 0.162 e. The van der Waals surface area contributed by atoms with Crippen LogP contribution in [0.1, 0.15) is 32.3 Å². The van der Waals surface area contributed by atoms with Gasteiger partial charge in [0.05, 0.1) is 13.2 Å². The maximum atomic E-state index is 6.30. The molecule has 0 aliphatic rings. The first-order valence-corrected chi connectivity index (χ1v) is 7.33. The van der Waals surface area contributed by atoms with E-state index in [-0.39, 0.29) is 0 Å². The lowest BCUT2D eigenvalue weighted by Gasteiger charge is -2.14. The van der Waals surface area contributed by atoms with Crippen molar-refractivity contribution in [3.8, 4) is 11.5 Å². The Bertz CT molecular complexity index is 383. The van der Waals surface area contributed by atoms with Crippen LogP contribution in [0.2, 0.25) is 5.02 Å². The quantitative estimate of drug-likeness (QED) is 0.702. The molecule has 0 atom stereocenters. The number of aryl methyl sites for hydroxylation is 1. The lowest BCUT2D eigenvalue weighted by Crippen LogP contribution is -2.07. The van der Waals surface area contributed by atoms with Gasteiger partial charge < -0.3 is 14.8 Å². The van der Waals surface area contributed by atoms with Crippen LogP contribution in [0.25, 0.3) is 0 Å². The van der Waals surface area contributed by atoms with Crippen molar-refractivity contribution < 1.29 is 9.47 Å². The Labute approximate surface area is 121 Å². The topological polar surface area (TPSA) is 30.5 Å². The number of hydrogen-bond acceptors (Lipinski definition) is 3. The third kappa shape index (κ3) is 5.29. The van der Waals surface area contributed by atoms with Gasteiger partial charge in [0.25, 0.3) is 0 Å². The number of hydrogen-bond donors (Lipinski definition) is 1. The molecular weight excluding hydrogens is 262 g/mol. The Hall–Kier alpha value is -0.930. The van der Waals surface area contributed by atoms with Gasteiger partial charge in [0, 0.05) is 11.1 Å². The van der Waals surface area contributed by atoms with E-state index in [1.807, 2.05) is 33.0 Å². The summed E-state index contributed by atoms with van der Waals surface area (Å²) in [5.41, 5.74) is 1.13. The summed E-state index contributed by atoms with van der Waals surface area (Å²) in [6, 6.07) is 3.87. The van der Waals surface area contributed by atoms with Crippen LogP contribution in [0.5, 0.6) is 11.5 Å². The van der Waals surface area contributed by atoms with Gasteiger partial charge in [-0.2, -0.15) is 0 Å². The number of benzene rings is 1. The zero-order valence-corrected chi connectivity index (χ0v) is 12.8. The van der Waals surface area contributed by atoms with E-state index in [0.29, 0.717) is 13.2 Å². The molecule has 0 saturated carbocycles. The van der Waals surface area contributed by atoms with Crippen LogP contribution in [-0.2, 0) is 6.42 Å². The third-order valence-corrected chi connectivity index (χ3v) is 3.19. The minimum Gasteiger partial charge on any atom is -0.490 e. The van der Waals surface area contributed by atoms with E-state index in [9.17, 15) is 0 Å². The summed E-state index contributed by atoms with van der Waals surface area (Å²) in [4.78, 5) is 0. The fourth-order valence-electron chi connectivity index (χ4n) is 1.92. The van der Waals surface area contributed by atoms with E-state index in [0.717, 1.165) is 47.9 Å². The smallest absolute Gasteiger partial charge is 0.162 e. The molecule has 0 unspecified atom stereocenters. The molecule has 0 aliphatic carbocycles. The highest BCUT2D eigenvalue weighted by Crippen LogP contribution is 2.34. The normalized spacial score (nSPS) is 10.5. The van der Waals surface area contributed by atoms with Gasteiger partial charge >= 0.3 is 0 Å². The molecule has 0 fully saturated rings. The van der Waals surface area contributed by atoms with Crippen molar-refractivity contribution in [1.82, 2.24) is 5.32 Å². The Kier molecular flexibility index (Phi) is 7.68. The number of unbranched alkanes of at least 4 members (excludes halogenated alkanes) is 1. The van der Waals surface area contributed by atoms with Crippen LogP contribution >= 0.6 is 11.6 Å². The van der Waals surface area contributed by atoms with Crippen LogP contribution in [0.4, 0.5) is 0 Å². The lowest BCUT2D eigenvalue weighted by molar-refractivity contribution is 0.287. The Morgan fingerprint density at radius 3 is 2.26 bits per heavy atom. The van der Waals surface area contributed by atoms with Gasteiger partial charge in [0.15, 0.2) is 11.5 Å². The van der Waals surface area contributed by atoms with Gasteiger partial charge in [0.1, 0.15) is 0 Å². The van der Waals surface area contributed by atoms with Crippen LogP contribution in [0.15, 0.2) is 12.1 Å². The molecule has 0 radical (unpaired) electrons. The molecule has 19 heavy (non-hydrogen) atoms. The first-order valence-electron chi connectivity index (χ1n) is 6.95. The zero-order valence-electron chi connectivity index (χ0n) is 12.1. The highest BCUT2D eigenvalue weighted by molar-refractivity contribution is 6.31. The van der Waals surface area contributed by atoms with Gasteiger partial charge in [0.2, 0.25) is 0 Å². The Morgan fingerprint density at radius 2 is 1.68 bits per heavy atom. The zero-order chi connectivity index (χ0) is 14.1. The van der Waals surface area contributed by atoms with Gasteiger partial charge in [-0.25, -0.2) is 0 Å². The molecule has 0 bridgehead atoms. The van der Waals surface area contributed by atoms with Gasteiger partial charge in [-0.1, -0.05) is 11.6 Å². The standard InChI is InChI=1S/C15H24ClNO2/c1-4-18-14-10-12(8-6-7-9-17-3)13(16)11-15(14)19-5-2/h10-11,17H,4-9H2,1-3H3. The van der Waals surface area contributed by atoms with Crippen molar-refractivity contribution in [2.75, 3.05) is 26.8 Å². The Morgan fingerprint density at radius 1 is 1.05 bits per heavy atom. The summed E-state index contributed by atoms with van der Waals surface area (Å²) >= 11 is 6.30. The molecule has 3 nitrogen and oxygen atoms in total. The van der Waals surface area contributed by atoms with Crippen LogP contribution < -0.4 is 14.8 Å². The van der Waals surface area contributed by atoms with Crippen molar-refractivity contribution in [3.05, 3.63) is 22.7 Å². The van der Waals surface area contributed by atoms with Crippen molar-refractivity contribution in [2.45, 2.75) is 33.1 Å². The highest BCUT2D eigenvalue weighted by Gasteiger charge is 2.10. The fraction of sp³-hybridized carbons (Fsp3) is 0.600. The molecule has 0 spiro atoms. The predicted octanol–water partition coefficient (Wildman–Crippen LogP) is 3.68. The molecular formula is C15H24ClNO2. The average Bonchev–Trinajstić information content (AvgIpc) is 2.39. The monoisotopic (exact) mass is 285 g/mol. The summed E-state index contributed by atoms with van der Waals surface area (Å²) in [6.45, 7) is 6.19. The molecule has 1 aromatic rings. The van der Waals surface area contributed by atoms with E-state index in [4.69, 9.17) is 21.1 Å². The molecule has 0 aliphatic heterocycles. The van der Waals surface area contributed by atoms with Gasteiger partial charge in [-0.15, -0.1) is 0 Å².